The molecule has 0 spiro atoms. The van der Waals surface area contributed by atoms with Crippen LogP contribution < -0.4 is 29.9 Å². The fourth-order valence-electron chi connectivity index (χ4n) is 3.82. The predicted molar refractivity (Wildman–Crippen MR) is 146 cm³/mol. The zero-order valence-electron chi connectivity index (χ0n) is 21.4. The highest BCUT2D eigenvalue weighted by Crippen LogP contribution is 2.53. The Morgan fingerprint density at radius 3 is 2.02 bits per heavy atom. The van der Waals surface area contributed by atoms with Crippen LogP contribution in [-0.2, 0) is 21.1 Å². The molecule has 1 aliphatic rings. The Morgan fingerprint density at radius 1 is 1.07 bits per heavy atom. The number of methoxy groups -OCH3 is 2. The molecule has 222 valence electrons. The van der Waals surface area contributed by atoms with Gasteiger partial charge in [0.1, 0.15) is 41.0 Å². The summed E-state index contributed by atoms with van der Waals surface area (Å²) in [4.78, 5) is 15.8. The predicted octanol–water partition coefficient (Wildman–Crippen LogP) is 3.15. The van der Waals surface area contributed by atoms with E-state index in [0.717, 1.165) is 6.20 Å². The molecule has 1 aromatic heterocycles. The van der Waals surface area contributed by atoms with Crippen molar-refractivity contribution in [3.63, 3.8) is 0 Å². The molecule has 2 heterocycles. The second kappa shape index (κ2) is 12.4. The molecule has 1 aliphatic heterocycles. The molecule has 0 unspecified atom stereocenters. The van der Waals surface area contributed by atoms with Crippen molar-refractivity contribution in [2.24, 2.45) is 0 Å². The molecular formula is C24H25ClF2N3O9PS. The van der Waals surface area contributed by atoms with Gasteiger partial charge in [0.05, 0.1) is 25.8 Å². The van der Waals surface area contributed by atoms with Crippen molar-refractivity contribution in [2.75, 3.05) is 26.6 Å². The SMILES string of the molecule is COc1ccc(OP(=S)(OC[C@@]2(C(F)F)O[C@@H](n3cc(Cl)c(N)nc3=O)[C@H](O)[C@@H]2O)Oc2ccc(OC)cc2)cc1. The number of aliphatic hydroxyl groups excluding tert-OH is 2. The van der Waals surface area contributed by atoms with Crippen LogP contribution in [0.15, 0.2) is 59.5 Å². The Labute approximate surface area is 242 Å². The second-order valence-electron chi connectivity index (χ2n) is 8.62. The molecule has 17 heteroatoms. The molecule has 0 bridgehead atoms. The molecule has 41 heavy (non-hydrogen) atoms. The van der Waals surface area contributed by atoms with Crippen LogP contribution in [0.3, 0.4) is 0 Å². The van der Waals surface area contributed by atoms with Gasteiger partial charge in [-0.2, -0.15) is 4.98 Å². The summed E-state index contributed by atoms with van der Waals surface area (Å²) < 4.78 is 62.8. The first-order valence-corrected chi connectivity index (χ1v) is 14.6. The average molecular weight is 636 g/mol. The van der Waals surface area contributed by atoms with Gasteiger partial charge in [-0.15, -0.1) is 0 Å². The minimum absolute atomic E-state index is 0.161. The van der Waals surface area contributed by atoms with Crippen molar-refractivity contribution < 1.29 is 46.8 Å². The average Bonchev–Trinajstić information content (AvgIpc) is 3.21. The van der Waals surface area contributed by atoms with Crippen molar-refractivity contribution in [3.05, 3.63) is 70.2 Å². The number of aliphatic hydroxyl groups is 2. The number of hydrogen-bond donors (Lipinski definition) is 3. The molecule has 0 aliphatic carbocycles. The van der Waals surface area contributed by atoms with Crippen LogP contribution in [0.1, 0.15) is 6.23 Å². The minimum atomic E-state index is -3.98. The number of anilines is 1. The number of halogens is 3. The van der Waals surface area contributed by atoms with E-state index in [1.54, 1.807) is 24.3 Å². The van der Waals surface area contributed by atoms with E-state index < -0.39 is 49.5 Å². The van der Waals surface area contributed by atoms with Crippen molar-refractivity contribution in [3.8, 4) is 23.0 Å². The number of ether oxygens (including phenoxy) is 3. The van der Waals surface area contributed by atoms with Crippen LogP contribution in [0.2, 0.25) is 5.02 Å². The van der Waals surface area contributed by atoms with E-state index in [2.05, 4.69) is 4.98 Å². The monoisotopic (exact) mass is 635 g/mol. The summed E-state index contributed by atoms with van der Waals surface area (Å²) in [7, 11) is 2.94. The number of rotatable bonds is 11. The zero-order valence-corrected chi connectivity index (χ0v) is 23.9. The highest BCUT2D eigenvalue weighted by atomic mass is 35.5. The Hall–Kier alpha value is -3.04. The lowest BCUT2D eigenvalue weighted by Crippen LogP contribution is -2.52. The summed E-state index contributed by atoms with van der Waals surface area (Å²) in [6, 6.07) is 12.2. The Kier molecular flexibility index (Phi) is 9.39. The lowest BCUT2D eigenvalue weighted by atomic mass is 9.96. The third-order valence-electron chi connectivity index (χ3n) is 6.04. The maximum Gasteiger partial charge on any atom is 0.435 e. The summed E-state index contributed by atoms with van der Waals surface area (Å²) in [6.07, 6.45) is -8.63. The maximum absolute atomic E-state index is 14.6. The molecule has 4 N–H and O–H groups in total. The lowest BCUT2D eigenvalue weighted by molar-refractivity contribution is -0.192. The van der Waals surface area contributed by atoms with Crippen molar-refractivity contribution in [2.45, 2.75) is 30.5 Å². The van der Waals surface area contributed by atoms with Gasteiger partial charge in [0, 0.05) is 18.0 Å². The van der Waals surface area contributed by atoms with Gasteiger partial charge in [0.2, 0.25) is 0 Å². The first-order chi connectivity index (χ1) is 19.4. The highest BCUT2D eigenvalue weighted by Gasteiger charge is 2.61. The number of hydrogen-bond acceptors (Lipinski definition) is 12. The summed E-state index contributed by atoms with van der Waals surface area (Å²) in [5.74, 6) is 1.02. The molecule has 2 aromatic carbocycles. The summed E-state index contributed by atoms with van der Waals surface area (Å²) >= 11 is 11.5. The molecule has 4 rings (SSSR count). The zero-order chi connectivity index (χ0) is 29.9. The van der Waals surface area contributed by atoms with Crippen molar-refractivity contribution >= 4 is 35.9 Å². The standard InChI is InChI=1S/C24H25ClF2N3O9PS/c1-34-13-3-7-15(8-4-13)38-40(41,39-16-9-5-14(35-2)6-10-16)36-12-24(22(26)27)19(32)18(31)21(37-24)30-11-17(25)20(28)29-23(30)33/h3-11,18-19,21-22,31-32H,12H2,1-2H3,(H2,28,29,33)/t18-,19+,21-,24-/m1/s1. The molecule has 0 saturated carbocycles. The number of nitrogens with two attached hydrogens (primary N) is 1. The third-order valence-corrected chi connectivity index (χ3v) is 8.40. The number of nitrogens with zero attached hydrogens (tertiary/aromatic N) is 2. The van der Waals surface area contributed by atoms with Crippen LogP contribution in [0.5, 0.6) is 23.0 Å². The van der Waals surface area contributed by atoms with E-state index in [1.165, 1.54) is 38.5 Å². The van der Waals surface area contributed by atoms with Gasteiger partial charge in [-0.05, 0) is 48.5 Å². The van der Waals surface area contributed by atoms with E-state index in [-0.39, 0.29) is 22.3 Å². The summed E-state index contributed by atoms with van der Waals surface area (Å²) in [5.41, 5.74) is 1.56. The third kappa shape index (κ3) is 6.56. The number of nitrogen functional groups attached to an aromatic ring is 1. The molecule has 3 aromatic rings. The van der Waals surface area contributed by atoms with E-state index >= 15 is 0 Å². The number of alkyl halides is 2. The smallest absolute Gasteiger partial charge is 0.435 e. The first-order valence-electron chi connectivity index (χ1n) is 11.7. The molecule has 12 nitrogen and oxygen atoms in total. The van der Waals surface area contributed by atoms with Crippen LogP contribution in [0, 0.1) is 0 Å². The molecule has 4 atom stereocenters. The van der Waals surface area contributed by atoms with E-state index in [4.69, 9.17) is 56.9 Å². The van der Waals surface area contributed by atoms with Crippen molar-refractivity contribution in [1.29, 1.82) is 0 Å². The van der Waals surface area contributed by atoms with Crippen molar-refractivity contribution in [1.82, 2.24) is 9.55 Å². The van der Waals surface area contributed by atoms with E-state index in [0.29, 0.717) is 16.1 Å². The fraction of sp³-hybridized carbons (Fsp3) is 0.333. The second-order valence-corrected chi connectivity index (χ2v) is 11.9. The van der Waals surface area contributed by atoms with Gasteiger partial charge in [-0.25, -0.2) is 13.6 Å². The van der Waals surface area contributed by atoms with Crippen LogP contribution >= 0.6 is 18.3 Å². The lowest BCUT2D eigenvalue weighted by Gasteiger charge is -2.33. The van der Waals surface area contributed by atoms with Gasteiger partial charge in [-0.3, -0.25) is 9.09 Å². The van der Waals surface area contributed by atoms with Gasteiger partial charge >= 0.3 is 12.4 Å². The molecule has 0 amide bonds. The Balaban J connectivity index is 1.65. The van der Waals surface area contributed by atoms with Gasteiger partial charge in [-0.1, -0.05) is 11.6 Å². The van der Waals surface area contributed by atoms with Crippen LogP contribution in [0.4, 0.5) is 14.6 Å². The first kappa shape index (κ1) is 30.9. The topological polar surface area (TPSA) is 157 Å². The fourth-order valence-corrected chi connectivity index (χ4v) is 5.90. The van der Waals surface area contributed by atoms with Crippen LogP contribution in [-0.4, -0.2) is 64.8 Å². The number of aromatic nitrogens is 2. The van der Waals surface area contributed by atoms with Gasteiger partial charge in [0.25, 0.3) is 6.43 Å². The van der Waals surface area contributed by atoms with Gasteiger partial charge < -0.3 is 39.2 Å². The maximum atomic E-state index is 14.6. The normalized spacial score (nSPS) is 22.5. The van der Waals surface area contributed by atoms with Crippen LogP contribution in [0.25, 0.3) is 0 Å². The van der Waals surface area contributed by atoms with Gasteiger partial charge in [0.15, 0.2) is 11.8 Å². The van der Waals surface area contributed by atoms with E-state index in [9.17, 15) is 23.8 Å². The Morgan fingerprint density at radius 2 is 1.56 bits per heavy atom. The number of benzene rings is 2. The quantitative estimate of drug-likeness (QED) is 0.265. The van der Waals surface area contributed by atoms with E-state index in [1.807, 2.05) is 0 Å². The molecule has 0 radical (unpaired) electrons. The summed E-state index contributed by atoms with van der Waals surface area (Å²) in [6.45, 7) is -5.10. The highest BCUT2D eigenvalue weighted by molar-refractivity contribution is 8.07. The Bertz CT molecular complexity index is 1410. The summed E-state index contributed by atoms with van der Waals surface area (Å²) in [5, 5.41) is 21.2. The largest absolute Gasteiger partial charge is 0.497 e. The minimum Gasteiger partial charge on any atom is -0.497 e. The molecular weight excluding hydrogens is 611 g/mol. The molecule has 1 saturated heterocycles. The molecule has 1 fully saturated rings.